The van der Waals surface area contributed by atoms with Gasteiger partial charge in [0, 0.05) is 41.8 Å². The zero-order valence-electron chi connectivity index (χ0n) is 21.8. The van der Waals surface area contributed by atoms with Gasteiger partial charge < -0.3 is 14.8 Å². The summed E-state index contributed by atoms with van der Waals surface area (Å²) < 4.78 is 2.27. The summed E-state index contributed by atoms with van der Waals surface area (Å²) in [7, 11) is 1.76. The number of fused-ring (bicyclic) bond motifs is 1. The molecule has 1 atom stereocenters. The van der Waals surface area contributed by atoms with Crippen LogP contribution in [0.4, 0.5) is 5.69 Å². The van der Waals surface area contributed by atoms with E-state index >= 15 is 0 Å². The van der Waals surface area contributed by atoms with Crippen LogP contribution < -0.4 is 10.2 Å². The molecule has 5 heteroatoms. The lowest BCUT2D eigenvalue weighted by Crippen LogP contribution is -2.49. The molecule has 0 aliphatic carbocycles. The number of benzene rings is 3. The van der Waals surface area contributed by atoms with Crippen molar-refractivity contribution in [3.8, 4) is 0 Å². The Balaban J connectivity index is 1.60. The molecule has 4 rings (SSSR count). The van der Waals surface area contributed by atoms with E-state index in [1.54, 1.807) is 11.9 Å². The average molecular weight is 482 g/mol. The van der Waals surface area contributed by atoms with Gasteiger partial charge in [-0.05, 0) is 57.0 Å². The Kier molecular flexibility index (Phi) is 7.58. The number of amides is 2. The van der Waals surface area contributed by atoms with Gasteiger partial charge in [-0.3, -0.25) is 9.59 Å². The predicted molar refractivity (Wildman–Crippen MR) is 147 cm³/mol. The van der Waals surface area contributed by atoms with Crippen LogP contribution in [0.3, 0.4) is 0 Å². The summed E-state index contributed by atoms with van der Waals surface area (Å²) in [6, 6.07) is 25.5. The maximum absolute atomic E-state index is 13.6. The summed E-state index contributed by atoms with van der Waals surface area (Å²) in [5.41, 5.74) is 6.15. The highest BCUT2D eigenvalue weighted by Crippen LogP contribution is 2.29. The molecular formula is C31H35N3O2. The number of aromatic nitrogens is 1. The number of hydrogen-bond donors (Lipinski definition) is 1. The molecule has 1 aromatic heterocycles. The number of rotatable bonds is 8. The van der Waals surface area contributed by atoms with Crippen molar-refractivity contribution in [3.63, 3.8) is 0 Å². The van der Waals surface area contributed by atoms with Crippen LogP contribution in [-0.4, -0.2) is 29.5 Å². The van der Waals surface area contributed by atoms with Crippen LogP contribution in [0, 0.1) is 13.8 Å². The SMILES string of the molecule is Cc1ccc(N(C)C(=O)[C@H](Cc2ccccc2)NC(=O)Cc2c(C)n(C(C)C)c3ccccc23)cc1. The zero-order valence-corrected chi connectivity index (χ0v) is 21.8. The summed E-state index contributed by atoms with van der Waals surface area (Å²) >= 11 is 0. The summed E-state index contributed by atoms with van der Waals surface area (Å²) in [6.07, 6.45) is 0.646. The minimum Gasteiger partial charge on any atom is -0.344 e. The van der Waals surface area contributed by atoms with E-state index in [1.165, 1.54) is 0 Å². The minimum atomic E-state index is -0.676. The van der Waals surface area contributed by atoms with E-state index in [-0.39, 0.29) is 24.3 Å². The molecule has 1 heterocycles. The van der Waals surface area contributed by atoms with Gasteiger partial charge in [0.25, 0.3) is 0 Å². The maximum Gasteiger partial charge on any atom is 0.249 e. The lowest BCUT2D eigenvalue weighted by Gasteiger charge is -2.25. The van der Waals surface area contributed by atoms with Crippen LogP contribution in [0.5, 0.6) is 0 Å². The fourth-order valence-electron chi connectivity index (χ4n) is 4.93. The number of nitrogens with zero attached hydrogens (tertiary/aromatic N) is 2. The Labute approximate surface area is 213 Å². The van der Waals surface area contributed by atoms with Crippen molar-refractivity contribution in [3.05, 3.63) is 101 Å². The van der Waals surface area contributed by atoms with Gasteiger partial charge in [0.2, 0.25) is 11.8 Å². The molecule has 2 amide bonds. The van der Waals surface area contributed by atoms with E-state index in [1.807, 2.05) is 73.7 Å². The summed E-state index contributed by atoms with van der Waals surface area (Å²) in [5.74, 6) is -0.297. The molecule has 0 aliphatic heterocycles. The monoisotopic (exact) mass is 481 g/mol. The van der Waals surface area contributed by atoms with Crippen molar-refractivity contribution in [2.24, 2.45) is 0 Å². The first-order valence-electron chi connectivity index (χ1n) is 12.5. The molecule has 0 spiro atoms. The molecule has 5 nitrogen and oxygen atoms in total. The third-order valence-electron chi connectivity index (χ3n) is 6.81. The fourth-order valence-corrected chi connectivity index (χ4v) is 4.93. The highest BCUT2D eigenvalue weighted by Gasteiger charge is 2.26. The van der Waals surface area contributed by atoms with E-state index in [0.717, 1.165) is 39.0 Å². The quantitative estimate of drug-likeness (QED) is 0.347. The normalized spacial score (nSPS) is 12.1. The van der Waals surface area contributed by atoms with Gasteiger partial charge in [-0.25, -0.2) is 0 Å². The Bertz CT molecular complexity index is 1350. The number of para-hydroxylation sites is 1. The second-order valence-electron chi connectivity index (χ2n) is 9.76. The Hall–Kier alpha value is -3.86. The zero-order chi connectivity index (χ0) is 25.8. The summed E-state index contributed by atoms with van der Waals surface area (Å²) in [4.78, 5) is 28.6. The largest absolute Gasteiger partial charge is 0.344 e. The number of nitrogens with one attached hydrogen (secondary N) is 1. The van der Waals surface area contributed by atoms with Crippen LogP contribution in [0.15, 0.2) is 78.9 Å². The molecule has 186 valence electrons. The van der Waals surface area contributed by atoms with E-state index in [2.05, 4.69) is 42.8 Å². The lowest BCUT2D eigenvalue weighted by atomic mass is 10.0. The predicted octanol–water partition coefficient (Wildman–Crippen LogP) is 5.77. The molecule has 0 aliphatic rings. The van der Waals surface area contributed by atoms with Crippen LogP contribution in [0.2, 0.25) is 0 Å². The summed E-state index contributed by atoms with van der Waals surface area (Å²) in [5, 5.41) is 4.15. The standard InChI is InChI=1S/C31H35N3O2/c1-21(2)34-23(4)27(26-13-9-10-14-29(26)34)20-30(35)32-28(19-24-11-7-6-8-12-24)31(36)33(5)25-17-15-22(3)16-18-25/h6-18,21,28H,19-20H2,1-5H3,(H,32,35)/t28-/m0/s1. The smallest absolute Gasteiger partial charge is 0.249 e. The molecule has 0 unspecified atom stereocenters. The Morgan fingerprint density at radius 2 is 1.53 bits per heavy atom. The van der Waals surface area contributed by atoms with Gasteiger partial charge in [0.1, 0.15) is 6.04 Å². The number of carbonyl (C=O) groups is 2. The number of aryl methyl sites for hydroxylation is 1. The second kappa shape index (κ2) is 10.8. The van der Waals surface area contributed by atoms with E-state index in [9.17, 15) is 9.59 Å². The molecule has 4 aromatic rings. The first-order chi connectivity index (χ1) is 17.3. The van der Waals surface area contributed by atoms with Crippen molar-refractivity contribution in [1.29, 1.82) is 0 Å². The minimum absolute atomic E-state index is 0.141. The molecule has 0 fully saturated rings. The molecule has 1 N–H and O–H groups in total. The molecular weight excluding hydrogens is 446 g/mol. The number of likely N-dealkylation sites (N-methyl/N-ethyl adjacent to an activating group) is 1. The summed E-state index contributed by atoms with van der Waals surface area (Å²) in [6.45, 7) is 8.39. The number of hydrogen-bond acceptors (Lipinski definition) is 2. The molecule has 0 saturated heterocycles. The van der Waals surface area contributed by atoms with Gasteiger partial charge in [-0.1, -0.05) is 66.2 Å². The van der Waals surface area contributed by atoms with Gasteiger partial charge in [-0.15, -0.1) is 0 Å². The second-order valence-corrected chi connectivity index (χ2v) is 9.76. The lowest BCUT2D eigenvalue weighted by molar-refractivity contribution is -0.127. The Morgan fingerprint density at radius 1 is 0.889 bits per heavy atom. The first kappa shape index (κ1) is 25.2. The highest BCUT2D eigenvalue weighted by atomic mass is 16.2. The van der Waals surface area contributed by atoms with Crippen LogP contribution >= 0.6 is 0 Å². The number of carbonyl (C=O) groups excluding carboxylic acids is 2. The molecule has 36 heavy (non-hydrogen) atoms. The van der Waals surface area contributed by atoms with Crippen LogP contribution in [-0.2, 0) is 22.4 Å². The van der Waals surface area contributed by atoms with Crippen molar-refractivity contribution in [1.82, 2.24) is 9.88 Å². The third kappa shape index (κ3) is 5.35. The fraction of sp³-hybridized carbons (Fsp3) is 0.290. The number of anilines is 1. The van der Waals surface area contributed by atoms with E-state index in [0.29, 0.717) is 6.42 Å². The van der Waals surface area contributed by atoms with Gasteiger partial charge >= 0.3 is 0 Å². The third-order valence-corrected chi connectivity index (χ3v) is 6.81. The van der Waals surface area contributed by atoms with Crippen LogP contribution in [0.25, 0.3) is 10.9 Å². The van der Waals surface area contributed by atoms with Crippen molar-refractivity contribution in [2.75, 3.05) is 11.9 Å². The first-order valence-corrected chi connectivity index (χ1v) is 12.5. The van der Waals surface area contributed by atoms with Gasteiger partial charge in [0.05, 0.1) is 6.42 Å². The van der Waals surface area contributed by atoms with E-state index < -0.39 is 6.04 Å². The van der Waals surface area contributed by atoms with E-state index in [4.69, 9.17) is 0 Å². The highest BCUT2D eigenvalue weighted by molar-refractivity contribution is 5.99. The van der Waals surface area contributed by atoms with Crippen LogP contribution in [0.1, 0.15) is 42.3 Å². The van der Waals surface area contributed by atoms with Crippen molar-refractivity contribution >= 4 is 28.4 Å². The molecule has 3 aromatic carbocycles. The van der Waals surface area contributed by atoms with Gasteiger partial charge in [-0.2, -0.15) is 0 Å². The topological polar surface area (TPSA) is 54.3 Å². The Morgan fingerprint density at radius 3 is 2.19 bits per heavy atom. The molecule has 0 bridgehead atoms. The maximum atomic E-state index is 13.6. The molecule has 0 saturated carbocycles. The van der Waals surface area contributed by atoms with Crippen molar-refractivity contribution in [2.45, 2.75) is 52.6 Å². The van der Waals surface area contributed by atoms with Gasteiger partial charge in [0.15, 0.2) is 0 Å². The van der Waals surface area contributed by atoms with Crippen molar-refractivity contribution < 1.29 is 9.59 Å². The average Bonchev–Trinajstić information content (AvgIpc) is 3.15. The molecule has 0 radical (unpaired) electrons.